The van der Waals surface area contributed by atoms with Crippen LogP contribution in [0.25, 0.3) is 11.0 Å². The second kappa shape index (κ2) is 7.27. The number of nitrogens with two attached hydrogens (primary N) is 2. The standard InChI is InChI=1S/C11H16N8S2/c12-10(13)20-3-1-2-19-5-7-4-16-8(6-21-11(14)15)17-9(7)18-19/h4-5H,1-3,6H2,(H3,12,13)(H3,14,15). The van der Waals surface area contributed by atoms with Gasteiger partial charge in [-0.3, -0.25) is 15.5 Å². The third-order valence-corrected chi connectivity index (χ3v) is 4.02. The molecular formula is C11H16N8S2. The van der Waals surface area contributed by atoms with E-state index < -0.39 is 0 Å². The molecule has 0 aliphatic rings. The summed E-state index contributed by atoms with van der Waals surface area (Å²) in [6, 6.07) is 0. The van der Waals surface area contributed by atoms with Crippen molar-refractivity contribution in [2.45, 2.75) is 18.7 Å². The van der Waals surface area contributed by atoms with Gasteiger partial charge in [-0.1, -0.05) is 23.5 Å². The fourth-order valence-corrected chi connectivity index (χ4v) is 2.55. The van der Waals surface area contributed by atoms with Crippen molar-refractivity contribution in [2.75, 3.05) is 5.75 Å². The third-order valence-electron chi connectivity index (χ3n) is 2.50. The second-order valence-corrected chi connectivity index (χ2v) is 6.33. The summed E-state index contributed by atoms with van der Waals surface area (Å²) in [6.45, 7) is 0.744. The summed E-state index contributed by atoms with van der Waals surface area (Å²) in [7, 11) is 0. The first-order valence-corrected chi connectivity index (χ1v) is 8.14. The molecule has 8 nitrogen and oxygen atoms in total. The van der Waals surface area contributed by atoms with Gasteiger partial charge < -0.3 is 11.5 Å². The van der Waals surface area contributed by atoms with E-state index in [1.165, 1.54) is 23.5 Å². The van der Waals surface area contributed by atoms with E-state index in [2.05, 4.69) is 15.1 Å². The van der Waals surface area contributed by atoms with Crippen molar-refractivity contribution < 1.29 is 0 Å². The molecule has 0 aliphatic carbocycles. The predicted octanol–water partition coefficient (Wildman–Crippen LogP) is 0.970. The van der Waals surface area contributed by atoms with Gasteiger partial charge in [0.1, 0.15) is 5.82 Å². The highest BCUT2D eigenvalue weighted by atomic mass is 32.2. The minimum atomic E-state index is 0.0483. The summed E-state index contributed by atoms with van der Waals surface area (Å²) in [5.74, 6) is 1.87. The molecule has 0 saturated carbocycles. The largest absolute Gasteiger partial charge is 0.379 e. The van der Waals surface area contributed by atoms with E-state index in [0.29, 0.717) is 17.2 Å². The Bertz CT molecular complexity index is 653. The van der Waals surface area contributed by atoms with E-state index in [4.69, 9.17) is 22.3 Å². The van der Waals surface area contributed by atoms with Crippen LogP contribution in [0.2, 0.25) is 0 Å². The van der Waals surface area contributed by atoms with Gasteiger partial charge >= 0.3 is 0 Å². The molecule has 0 aromatic carbocycles. The molecule has 0 spiro atoms. The lowest BCUT2D eigenvalue weighted by atomic mass is 10.4. The lowest BCUT2D eigenvalue weighted by Gasteiger charge is -1.99. The highest BCUT2D eigenvalue weighted by Gasteiger charge is 2.06. The summed E-state index contributed by atoms with van der Waals surface area (Å²) >= 11 is 2.51. The number of thioether (sulfide) groups is 2. The molecular weight excluding hydrogens is 308 g/mol. The first-order valence-electron chi connectivity index (χ1n) is 6.17. The maximum absolute atomic E-state index is 7.17. The van der Waals surface area contributed by atoms with E-state index in [1.807, 2.05) is 10.9 Å². The topological polar surface area (TPSA) is 143 Å². The van der Waals surface area contributed by atoms with E-state index in [-0.39, 0.29) is 10.3 Å². The van der Waals surface area contributed by atoms with Crippen molar-refractivity contribution >= 4 is 44.9 Å². The zero-order chi connectivity index (χ0) is 15.2. The minimum Gasteiger partial charge on any atom is -0.379 e. The first-order chi connectivity index (χ1) is 10.0. The molecule has 0 fully saturated rings. The zero-order valence-corrected chi connectivity index (χ0v) is 12.9. The minimum absolute atomic E-state index is 0.0483. The molecule has 6 N–H and O–H groups in total. The maximum Gasteiger partial charge on any atom is 0.184 e. The normalized spacial score (nSPS) is 10.9. The van der Waals surface area contributed by atoms with Gasteiger partial charge in [-0.2, -0.15) is 5.10 Å². The van der Waals surface area contributed by atoms with Gasteiger partial charge in [-0.05, 0) is 6.42 Å². The van der Waals surface area contributed by atoms with E-state index in [1.54, 1.807) is 6.20 Å². The Morgan fingerprint density at radius 3 is 2.71 bits per heavy atom. The monoisotopic (exact) mass is 324 g/mol. The van der Waals surface area contributed by atoms with E-state index >= 15 is 0 Å². The lowest BCUT2D eigenvalue weighted by molar-refractivity contribution is 0.611. The Kier molecular flexibility index (Phi) is 5.39. The van der Waals surface area contributed by atoms with Gasteiger partial charge in [0.2, 0.25) is 0 Å². The van der Waals surface area contributed by atoms with Crippen LogP contribution in [0.4, 0.5) is 0 Å². The van der Waals surface area contributed by atoms with Crippen LogP contribution in [0, 0.1) is 10.8 Å². The lowest BCUT2D eigenvalue weighted by Crippen LogP contribution is -2.06. The highest BCUT2D eigenvalue weighted by Crippen LogP contribution is 2.13. The van der Waals surface area contributed by atoms with Crippen molar-refractivity contribution in [3.8, 4) is 0 Å². The van der Waals surface area contributed by atoms with Gasteiger partial charge in [0.15, 0.2) is 16.0 Å². The number of aromatic nitrogens is 4. The number of amidine groups is 2. The van der Waals surface area contributed by atoms with Crippen molar-refractivity contribution in [1.29, 1.82) is 10.8 Å². The first kappa shape index (κ1) is 15.6. The molecule has 0 aliphatic heterocycles. The average molecular weight is 324 g/mol. The van der Waals surface area contributed by atoms with Crippen molar-refractivity contribution in [3.05, 3.63) is 18.2 Å². The van der Waals surface area contributed by atoms with Crippen molar-refractivity contribution in [1.82, 2.24) is 19.7 Å². The fraction of sp³-hybridized carbons (Fsp3) is 0.364. The Morgan fingerprint density at radius 2 is 2.00 bits per heavy atom. The average Bonchev–Trinajstić information content (AvgIpc) is 2.83. The molecule has 0 atom stereocenters. The van der Waals surface area contributed by atoms with Crippen LogP contribution >= 0.6 is 23.5 Å². The van der Waals surface area contributed by atoms with E-state index in [0.717, 1.165) is 24.1 Å². The van der Waals surface area contributed by atoms with Crippen LogP contribution in [0.15, 0.2) is 12.4 Å². The molecule has 0 radical (unpaired) electrons. The van der Waals surface area contributed by atoms with Crippen LogP contribution in [0.5, 0.6) is 0 Å². The Labute approximate surface area is 130 Å². The van der Waals surface area contributed by atoms with Crippen LogP contribution in [-0.2, 0) is 12.3 Å². The molecule has 0 amide bonds. The second-order valence-electron chi connectivity index (χ2n) is 4.18. The maximum atomic E-state index is 7.17. The number of hydrogen-bond acceptors (Lipinski definition) is 7. The summed E-state index contributed by atoms with van der Waals surface area (Å²) in [4.78, 5) is 8.57. The fourth-order valence-electron chi connectivity index (χ4n) is 1.63. The van der Waals surface area contributed by atoms with Crippen LogP contribution in [0.3, 0.4) is 0 Å². The molecule has 2 heterocycles. The van der Waals surface area contributed by atoms with Gasteiger partial charge in [0.25, 0.3) is 0 Å². The number of nitrogens with one attached hydrogen (secondary N) is 2. The third kappa shape index (κ3) is 4.90. The summed E-state index contributed by atoms with van der Waals surface area (Å²) in [5, 5.41) is 19.8. The molecule has 2 aromatic rings. The molecule has 0 bridgehead atoms. The summed E-state index contributed by atoms with van der Waals surface area (Å²) in [6.07, 6.45) is 4.50. The summed E-state index contributed by atoms with van der Waals surface area (Å²) in [5.41, 5.74) is 11.2. The predicted molar refractivity (Wildman–Crippen MR) is 87.5 cm³/mol. The number of fused-ring (bicyclic) bond motifs is 1. The zero-order valence-electron chi connectivity index (χ0n) is 11.2. The molecule has 0 saturated heterocycles. The number of hydrogen-bond donors (Lipinski definition) is 4. The van der Waals surface area contributed by atoms with Crippen molar-refractivity contribution in [3.63, 3.8) is 0 Å². The van der Waals surface area contributed by atoms with Gasteiger partial charge in [-0.15, -0.1) is 0 Å². The van der Waals surface area contributed by atoms with Crippen molar-refractivity contribution in [2.24, 2.45) is 11.5 Å². The quantitative estimate of drug-likeness (QED) is 0.352. The highest BCUT2D eigenvalue weighted by molar-refractivity contribution is 8.13. The number of nitrogens with zero attached hydrogens (tertiary/aromatic N) is 4. The molecule has 21 heavy (non-hydrogen) atoms. The Morgan fingerprint density at radius 1 is 1.24 bits per heavy atom. The molecule has 2 rings (SSSR count). The van der Waals surface area contributed by atoms with E-state index in [9.17, 15) is 0 Å². The molecule has 0 unspecified atom stereocenters. The van der Waals surface area contributed by atoms with Gasteiger partial charge in [0, 0.05) is 24.7 Å². The number of aryl methyl sites for hydroxylation is 1. The molecule has 10 heteroatoms. The molecule has 2 aromatic heterocycles. The number of rotatable bonds is 6. The van der Waals surface area contributed by atoms with Gasteiger partial charge in [0.05, 0.1) is 11.1 Å². The Balaban J connectivity index is 1.97. The van der Waals surface area contributed by atoms with Crippen LogP contribution < -0.4 is 11.5 Å². The smallest absolute Gasteiger partial charge is 0.184 e. The van der Waals surface area contributed by atoms with Gasteiger partial charge in [-0.25, -0.2) is 9.97 Å². The Hall–Kier alpha value is -1.81. The molecule has 112 valence electrons. The SMILES string of the molecule is N=C(N)SCCCn1cc2cnc(CSC(=N)N)nc2n1. The van der Waals surface area contributed by atoms with Crippen LogP contribution in [-0.4, -0.2) is 35.8 Å². The van der Waals surface area contributed by atoms with Crippen LogP contribution in [0.1, 0.15) is 12.2 Å². The summed E-state index contributed by atoms with van der Waals surface area (Å²) < 4.78 is 1.82.